The van der Waals surface area contributed by atoms with Gasteiger partial charge in [0.15, 0.2) is 5.13 Å². The number of anilines is 1. The molecule has 1 aromatic carbocycles. The average molecular weight is 366 g/mol. The van der Waals surface area contributed by atoms with Gasteiger partial charge in [-0.2, -0.15) is 0 Å². The van der Waals surface area contributed by atoms with E-state index in [1.807, 2.05) is 13.8 Å². The third kappa shape index (κ3) is 4.15. The van der Waals surface area contributed by atoms with Crippen LogP contribution in [0.1, 0.15) is 42.3 Å². The zero-order chi connectivity index (χ0) is 16.4. The number of thiazole rings is 1. The average Bonchev–Trinajstić information content (AvgIpc) is 2.95. The first-order valence-corrected chi connectivity index (χ1v) is 8.96. The topological polar surface area (TPSA) is 68.0 Å². The smallest absolute Gasteiger partial charge is 0.230 e. The van der Waals surface area contributed by atoms with Gasteiger partial charge in [0, 0.05) is 10.9 Å². The first-order chi connectivity index (χ1) is 11.0. The summed E-state index contributed by atoms with van der Waals surface area (Å²) in [6, 6.07) is 10.5. The summed E-state index contributed by atoms with van der Waals surface area (Å²) in [5.41, 5.74) is 8.33. The van der Waals surface area contributed by atoms with Crippen LogP contribution in [0.3, 0.4) is 0 Å². The lowest BCUT2D eigenvalue weighted by Crippen LogP contribution is -2.34. The zero-order valence-electron chi connectivity index (χ0n) is 14.0. The van der Waals surface area contributed by atoms with E-state index in [1.165, 1.54) is 10.4 Å². The van der Waals surface area contributed by atoms with Gasteiger partial charge in [0.1, 0.15) is 0 Å². The highest BCUT2D eigenvalue weighted by molar-refractivity contribution is 7.15. The Labute approximate surface area is 153 Å². The molecule has 0 spiro atoms. The van der Waals surface area contributed by atoms with Crippen LogP contribution >= 0.6 is 23.7 Å². The standard InChI is InChI=1S/C18H23N3OS.ClH/c1-11(12(2)19)17(22)21-18-20-15-9-8-14(10-16(15)23-18)13-6-4-3-5-7-13;/h3-7,11-12,14H,8-10,19H2,1-2H3,(H,20,21,22);1H. The van der Waals surface area contributed by atoms with Crippen LogP contribution in [-0.2, 0) is 17.6 Å². The van der Waals surface area contributed by atoms with Crippen LogP contribution in [0, 0.1) is 5.92 Å². The molecule has 1 aromatic heterocycles. The Bertz CT molecular complexity index is 687. The van der Waals surface area contributed by atoms with Crippen LogP contribution in [-0.4, -0.2) is 16.9 Å². The number of carbonyl (C=O) groups excluding carboxylic acids is 1. The molecule has 6 heteroatoms. The molecule has 1 aliphatic carbocycles. The van der Waals surface area contributed by atoms with Crippen molar-refractivity contribution >= 4 is 34.8 Å². The van der Waals surface area contributed by atoms with Crippen molar-refractivity contribution in [2.75, 3.05) is 5.32 Å². The van der Waals surface area contributed by atoms with Crippen LogP contribution in [0.2, 0.25) is 0 Å². The molecule has 2 aromatic rings. The molecule has 0 saturated carbocycles. The minimum absolute atomic E-state index is 0. The number of benzene rings is 1. The molecule has 3 N–H and O–H groups in total. The Hall–Kier alpha value is -1.43. The summed E-state index contributed by atoms with van der Waals surface area (Å²) >= 11 is 1.61. The molecule has 0 bridgehead atoms. The molecule has 3 unspecified atom stereocenters. The number of nitrogens with one attached hydrogen (secondary N) is 1. The van der Waals surface area contributed by atoms with E-state index in [2.05, 4.69) is 40.6 Å². The maximum atomic E-state index is 12.1. The van der Waals surface area contributed by atoms with E-state index in [0.29, 0.717) is 11.0 Å². The lowest BCUT2D eigenvalue weighted by Gasteiger charge is -2.21. The maximum absolute atomic E-state index is 12.1. The van der Waals surface area contributed by atoms with Gasteiger partial charge >= 0.3 is 0 Å². The number of carbonyl (C=O) groups is 1. The number of fused-ring (bicyclic) bond motifs is 1. The van der Waals surface area contributed by atoms with Crippen molar-refractivity contribution in [3.63, 3.8) is 0 Å². The van der Waals surface area contributed by atoms with Gasteiger partial charge in [-0.3, -0.25) is 4.79 Å². The Morgan fingerprint density at radius 2 is 2.04 bits per heavy atom. The summed E-state index contributed by atoms with van der Waals surface area (Å²) in [6.07, 6.45) is 3.10. The minimum Gasteiger partial charge on any atom is -0.327 e. The van der Waals surface area contributed by atoms with Gasteiger partial charge in [0.2, 0.25) is 5.91 Å². The predicted octanol–water partition coefficient (Wildman–Crippen LogP) is 3.76. The zero-order valence-corrected chi connectivity index (χ0v) is 15.6. The maximum Gasteiger partial charge on any atom is 0.230 e. The van der Waals surface area contributed by atoms with Crippen LogP contribution in [0.5, 0.6) is 0 Å². The van der Waals surface area contributed by atoms with Crippen LogP contribution in [0.25, 0.3) is 0 Å². The van der Waals surface area contributed by atoms with Crippen LogP contribution < -0.4 is 11.1 Å². The number of aromatic nitrogens is 1. The van der Waals surface area contributed by atoms with Gasteiger partial charge < -0.3 is 11.1 Å². The Kier molecular flexibility index (Phi) is 6.38. The fourth-order valence-corrected chi connectivity index (χ4v) is 3.99. The Morgan fingerprint density at radius 1 is 1.33 bits per heavy atom. The number of hydrogen-bond acceptors (Lipinski definition) is 4. The number of nitrogens with zero attached hydrogens (tertiary/aromatic N) is 1. The van der Waals surface area contributed by atoms with E-state index in [9.17, 15) is 4.79 Å². The summed E-state index contributed by atoms with van der Waals surface area (Å²) < 4.78 is 0. The largest absolute Gasteiger partial charge is 0.327 e. The van der Waals surface area contributed by atoms with Gasteiger partial charge in [0.25, 0.3) is 0 Å². The molecule has 3 rings (SSSR count). The fraction of sp³-hybridized carbons (Fsp3) is 0.444. The van der Waals surface area contributed by atoms with Gasteiger partial charge in [-0.25, -0.2) is 4.98 Å². The molecule has 1 heterocycles. The van der Waals surface area contributed by atoms with Crippen molar-refractivity contribution in [1.29, 1.82) is 0 Å². The normalized spacial score (nSPS) is 18.9. The molecule has 0 aliphatic heterocycles. The van der Waals surface area contributed by atoms with E-state index in [-0.39, 0.29) is 30.3 Å². The summed E-state index contributed by atoms with van der Waals surface area (Å²) in [5.74, 6) is 0.286. The molecule has 24 heavy (non-hydrogen) atoms. The fourth-order valence-electron chi connectivity index (χ4n) is 2.90. The lowest BCUT2D eigenvalue weighted by molar-refractivity contribution is -0.119. The van der Waals surface area contributed by atoms with E-state index in [0.717, 1.165) is 25.0 Å². The Morgan fingerprint density at radius 3 is 2.71 bits per heavy atom. The second-order valence-corrected chi connectivity index (χ2v) is 7.46. The summed E-state index contributed by atoms with van der Waals surface area (Å²) in [5, 5.41) is 3.63. The number of aryl methyl sites for hydroxylation is 1. The molecule has 0 fully saturated rings. The Balaban J connectivity index is 0.00000208. The second kappa shape index (κ2) is 8.10. The van der Waals surface area contributed by atoms with E-state index in [1.54, 1.807) is 11.3 Å². The van der Waals surface area contributed by atoms with Crippen molar-refractivity contribution in [2.45, 2.75) is 45.1 Å². The highest BCUT2D eigenvalue weighted by Gasteiger charge is 2.25. The predicted molar refractivity (Wildman–Crippen MR) is 102 cm³/mol. The molecule has 4 nitrogen and oxygen atoms in total. The minimum atomic E-state index is -0.215. The lowest BCUT2D eigenvalue weighted by atomic mass is 9.85. The number of amides is 1. The first kappa shape index (κ1) is 18.9. The number of nitrogens with two attached hydrogens (primary N) is 1. The van der Waals surface area contributed by atoms with E-state index in [4.69, 9.17) is 5.73 Å². The third-order valence-electron chi connectivity index (χ3n) is 4.64. The number of rotatable bonds is 4. The molecule has 0 radical (unpaired) electrons. The molecule has 130 valence electrons. The third-order valence-corrected chi connectivity index (χ3v) is 5.68. The monoisotopic (exact) mass is 365 g/mol. The molecule has 1 amide bonds. The summed E-state index contributed by atoms with van der Waals surface area (Å²) in [4.78, 5) is 18.0. The molecule has 0 saturated heterocycles. The molecular formula is C18H24ClN3OS. The van der Waals surface area contributed by atoms with Crippen molar-refractivity contribution in [3.8, 4) is 0 Å². The first-order valence-electron chi connectivity index (χ1n) is 8.14. The molecule has 3 atom stereocenters. The summed E-state index contributed by atoms with van der Waals surface area (Å²) in [7, 11) is 0. The van der Waals surface area contributed by atoms with E-state index >= 15 is 0 Å². The number of hydrogen-bond donors (Lipinski definition) is 2. The van der Waals surface area contributed by atoms with Gasteiger partial charge in [0.05, 0.1) is 11.6 Å². The number of halogens is 1. The van der Waals surface area contributed by atoms with Crippen molar-refractivity contribution in [1.82, 2.24) is 4.98 Å². The van der Waals surface area contributed by atoms with Crippen molar-refractivity contribution in [3.05, 3.63) is 46.5 Å². The molecule has 1 aliphatic rings. The van der Waals surface area contributed by atoms with Crippen molar-refractivity contribution < 1.29 is 4.79 Å². The van der Waals surface area contributed by atoms with Gasteiger partial charge in [-0.05, 0) is 37.7 Å². The van der Waals surface area contributed by atoms with Gasteiger partial charge in [-0.15, -0.1) is 23.7 Å². The van der Waals surface area contributed by atoms with Crippen LogP contribution in [0.15, 0.2) is 30.3 Å². The highest BCUT2D eigenvalue weighted by atomic mass is 35.5. The van der Waals surface area contributed by atoms with Crippen molar-refractivity contribution in [2.24, 2.45) is 11.7 Å². The summed E-state index contributed by atoms with van der Waals surface area (Å²) in [6.45, 7) is 3.69. The van der Waals surface area contributed by atoms with Gasteiger partial charge in [-0.1, -0.05) is 37.3 Å². The van der Waals surface area contributed by atoms with E-state index < -0.39 is 0 Å². The SMILES string of the molecule is CC(N)C(C)C(=O)Nc1nc2c(s1)CC(c1ccccc1)CC2.Cl. The quantitative estimate of drug-likeness (QED) is 0.866. The molecular weight excluding hydrogens is 342 g/mol. The highest BCUT2D eigenvalue weighted by Crippen LogP contribution is 2.37. The van der Waals surface area contributed by atoms with Crippen LogP contribution in [0.4, 0.5) is 5.13 Å². The second-order valence-electron chi connectivity index (χ2n) is 6.38.